The van der Waals surface area contributed by atoms with E-state index in [9.17, 15) is 40.5 Å². The van der Waals surface area contributed by atoms with Crippen molar-refractivity contribution in [2.75, 3.05) is 13.7 Å². The van der Waals surface area contributed by atoms with E-state index in [1.807, 2.05) is 0 Å². The van der Waals surface area contributed by atoms with E-state index in [0.717, 1.165) is 13.2 Å². The van der Waals surface area contributed by atoms with Gasteiger partial charge in [0.2, 0.25) is 0 Å². The normalized spacial score (nSPS) is 30.1. The third kappa shape index (κ3) is 2.85. The second-order valence-electron chi connectivity index (χ2n) is 5.29. The third-order valence-electron chi connectivity index (χ3n) is 3.86. The van der Waals surface area contributed by atoms with Gasteiger partial charge in [-0.2, -0.15) is 0 Å². The lowest BCUT2D eigenvalue weighted by Gasteiger charge is -2.40. The molecule has 0 unspecified atom stereocenters. The maximum Gasteiger partial charge on any atom is 0.345 e. The van der Waals surface area contributed by atoms with E-state index >= 15 is 0 Å². The Labute approximate surface area is 135 Å². The zero-order chi connectivity index (χ0) is 18.2. The van der Waals surface area contributed by atoms with E-state index in [2.05, 4.69) is 4.74 Å². The molecule has 10 nitrogen and oxygen atoms in total. The number of phenols is 3. The minimum atomic E-state index is -1.80. The van der Waals surface area contributed by atoms with Crippen LogP contribution in [0, 0.1) is 0 Å². The number of phenolic OH excluding ortho intramolecular Hbond substituents is 3. The fourth-order valence-corrected chi connectivity index (χ4v) is 2.58. The highest BCUT2D eigenvalue weighted by molar-refractivity contribution is 5.96. The van der Waals surface area contributed by atoms with Crippen molar-refractivity contribution in [2.24, 2.45) is 0 Å². The minimum Gasteiger partial charge on any atom is -0.507 e. The maximum absolute atomic E-state index is 11.7. The molecule has 0 bridgehead atoms. The van der Waals surface area contributed by atoms with Crippen LogP contribution in [0.5, 0.6) is 17.2 Å². The zero-order valence-electron chi connectivity index (χ0n) is 12.5. The molecule has 2 rings (SSSR count). The van der Waals surface area contributed by atoms with Gasteiger partial charge in [-0.25, -0.2) is 4.79 Å². The predicted octanol–water partition coefficient (Wildman–Crippen LogP) is -1.90. The highest BCUT2D eigenvalue weighted by Gasteiger charge is 2.46. The Hall–Kier alpha value is -2.11. The average molecular weight is 346 g/mol. The summed E-state index contributed by atoms with van der Waals surface area (Å²) in [6.07, 6.45) is -8.07. The van der Waals surface area contributed by atoms with Gasteiger partial charge in [0.05, 0.1) is 19.3 Å². The van der Waals surface area contributed by atoms with Crippen LogP contribution in [0.25, 0.3) is 0 Å². The van der Waals surface area contributed by atoms with Crippen molar-refractivity contribution < 1.29 is 50.0 Å². The van der Waals surface area contributed by atoms with Crippen molar-refractivity contribution in [3.05, 3.63) is 17.2 Å². The molecule has 1 heterocycles. The summed E-state index contributed by atoms with van der Waals surface area (Å²) in [6.45, 7) is -0.717. The van der Waals surface area contributed by atoms with Gasteiger partial charge in [0.1, 0.15) is 53.3 Å². The Morgan fingerprint density at radius 3 is 2.29 bits per heavy atom. The first kappa shape index (κ1) is 18.2. The Balaban J connectivity index is 2.57. The SMILES string of the molecule is COC(=O)c1c(O)cc(O)c([C@@H]2O[C@H](CO)[C@@H](O)[C@H](O)[C@H]2O)c1O. The van der Waals surface area contributed by atoms with Crippen LogP contribution >= 0.6 is 0 Å². The monoisotopic (exact) mass is 346 g/mol. The first-order valence-corrected chi connectivity index (χ1v) is 6.91. The molecule has 0 saturated carbocycles. The van der Waals surface area contributed by atoms with Crippen LogP contribution < -0.4 is 0 Å². The number of rotatable bonds is 3. The second-order valence-corrected chi connectivity index (χ2v) is 5.29. The van der Waals surface area contributed by atoms with Crippen LogP contribution in [0.3, 0.4) is 0 Å². The minimum absolute atomic E-state index is 0.509. The van der Waals surface area contributed by atoms with E-state index in [0.29, 0.717) is 0 Å². The molecule has 0 aliphatic carbocycles. The van der Waals surface area contributed by atoms with Crippen molar-refractivity contribution in [3.63, 3.8) is 0 Å². The summed E-state index contributed by atoms with van der Waals surface area (Å²) < 4.78 is 9.64. The maximum atomic E-state index is 11.7. The Bertz CT molecular complexity index is 628. The van der Waals surface area contributed by atoms with Gasteiger partial charge < -0.3 is 45.2 Å². The number of ether oxygens (including phenoxy) is 2. The summed E-state index contributed by atoms with van der Waals surface area (Å²) in [5, 5.41) is 68.7. The molecule has 1 aliphatic rings. The van der Waals surface area contributed by atoms with Crippen LogP contribution in [0.2, 0.25) is 0 Å². The third-order valence-corrected chi connectivity index (χ3v) is 3.86. The van der Waals surface area contributed by atoms with Crippen molar-refractivity contribution in [2.45, 2.75) is 30.5 Å². The van der Waals surface area contributed by atoms with Gasteiger partial charge in [0.25, 0.3) is 0 Å². The number of hydrogen-bond acceptors (Lipinski definition) is 10. The molecule has 1 fully saturated rings. The molecule has 5 atom stereocenters. The standard InChI is InChI=1S/C14H18O10/c1-23-14(22)8-5(17)2-4(16)7(10(8)19)13-12(21)11(20)9(18)6(3-15)24-13/h2,6,9,11-13,15-21H,3H2,1H3/t6-,9-,11+,12-,13+/m1/s1. The fourth-order valence-electron chi connectivity index (χ4n) is 2.58. The lowest BCUT2D eigenvalue weighted by Crippen LogP contribution is -2.55. The van der Waals surface area contributed by atoms with Crippen molar-refractivity contribution in [1.82, 2.24) is 0 Å². The van der Waals surface area contributed by atoms with E-state index in [1.165, 1.54) is 0 Å². The Morgan fingerprint density at radius 1 is 1.12 bits per heavy atom. The number of aliphatic hydroxyl groups excluding tert-OH is 4. The molecule has 1 aliphatic heterocycles. The van der Waals surface area contributed by atoms with Crippen molar-refractivity contribution >= 4 is 5.97 Å². The highest BCUT2D eigenvalue weighted by atomic mass is 16.5. The number of esters is 1. The topological polar surface area (TPSA) is 177 Å². The molecule has 0 amide bonds. The summed E-state index contributed by atoms with van der Waals surface area (Å²) in [5.74, 6) is -3.55. The van der Waals surface area contributed by atoms with E-state index < -0.39 is 71.5 Å². The summed E-state index contributed by atoms with van der Waals surface area (Å²) in [5.41, 5.74) is -1.19. The zero-order valence-corrected chi connectivity index (χ0v) is 12.5. The Kier molecular flexibility index (Phi) is 5.16. The van der Waals surface area contributed by atoms with Gasteiger partial charge >= 0.3 is 5.97 Å². The lowest BCUT2D eigenvalue weighted by atomic mass is 9.89. The lowest BCUT2D eigenvalue weighted by molar-refractivity contribution is -0.232. The number of aromatic hydroxyl groups is 3. The van der Waals surface area contributed by atoms with Crippen LogP contribution in [0.4, 0.5) is 0 Å². The van der Waals surface area contributed by atoms with Gasteiger partial charge in [-0.15, -0.1) is 0 Å². The van der Waals surface area contributed by atoms with Crippen LogP contribution in [0.15, 0.2) is 6.07 Å². The largest absolute Gasteiger partial charge is 0.507 e. The van der Waals surface area contributed by atoms with Gasteiger partial charge in [0.15, 0.2) is 0 Å². The number of carbonyl (C=O) groups is 1. The molecular formula is C14H18O10. The van der Waals surface area contributed by atoms with Crippen molar-refractivity contribution in [1.29, 1.82) is 0 Å². The van der Waals surface area contributed by atoms with Gasteiger partial charge in [-0.05, 0) is 0 Å². The number of carbonyl (C=O) groups excluding carboxylic acids is 1. The number of benzene rings is 1. The molecule has 1 saturated heterocycles. The van der Waals surface area contributed by atoms with Gasteiger partial charge in [0, 0.05) is 6.07 Å². The van der Waals surface area contributed by atoms with Crippen LogP contribution in [-0.2, 0) is 9.47 Å². The summed E-state index contributed by atoms with van der Waals surface area (Å²) in [4.78, 5) is 11.7. The molecule has 1 aromatic rings. The summed E-state index contributed by atoms with van der Waals surface area (Å²) >= 11 is 0. The average Bonchev–Trinajstić information content (AvgIpc) is 2.54. The molecular weight excluding hydrogens is 328 g/mol. The molecule has 0 spiro atoms. The molecule has 0 aromatic heterocycles. The van der Waals surface area contributed by atoms with E-state index in [-0.39, 0.29) is 0 Å². The molecule has 0 radical (unpaired) electrons. The smallest absolute Gasteiger partial charge is 0.345 e. The first-order valence-electron chi connectivity index (χ1n) is 6.91. The highest BCUT2D eigenvalue weighted by Crippen LogP contribution is 2.45. The quantitative estimate of drug-likeness (QED) is 0.306. The van der Waals surface area contributed by atoms with Crippen LogP contribution in [-0.4, -0.2) is 79.8 Å². The van der Waals surface area contributed by atoms with Gasteiger partial charge in [-0.3, -0.25) is 0 Å². The van der Waals surface area contributed by atoms with Gasteiger partial charge in [-0.1, -0.05) is 0 Å². The van der Waals surface area contributed by atoms with Crippen LogP contribution in [0.1, 0.15) is 22.0 Å². The van der Waals surface area contributed by atoms with Crippen molar-refractivity contribution in [3.8, 4) is 17.2 Å². The second kappa shape index (κ2) is 6.79. The first-order chi connectivity index (χ1) is 11.2. The molecule has 1 aromatic carbocycles. The van der Waals surface area contributed by atoms with E-state index in [1.54, 1.807) is 0 Å². The molecule has 134 valence electrons. The molecule has 10 heteroatoms. The molecule has 7 N–H and O–H groups in total. The Morgan fingerprint density at radius 2 is 1.75 bits per heavy atom. The summed E-state index contributed by atoms with van der Waals surface area (Å²) in [6, 6.07) is 0.725. The number of aliphatic hydroxyl groups is 4. The number of hydrogen-bond donors (Lipinski definition) is 7. The summed E-state index contributed by atoms with van der Waals surface area (Å²) in [7, 11) is 1.00. The molecule has 24 heavy (non-hydrogen) atoms. The fraction of sp³-hybridized carbons (Fsp3) is 0.500. The number of methoxy groups -OCH3 is 1. The predicted molar refractivity (Wildman–Crippen MR) is 75.5 cm³/mol. The van der Waals surface area contributed by atoms with E-state index in [4.69, 9.17) is 4.74 Å².